The van der Waals surface area contributed by atoms with Crippen LogP contribution in [0.2, 0.25) is 0 Å². The molecule has 108 valence electrons. The molecule has 0 spiro atoms. The van der Waals surface area contributed by atoms with E-state index in [2.05, 4.69) is 31.1 Å². The lowest BCUT2D eigenvalue weighted by atomic mass is 9.93. The summed E-state index contributed by atoms with van der Waals surface area (Å²) in [5.74, 6) is 0. The lowest BCUT2D eigenvalue weighted by Crippen LogP contribution is -2.29. The summed E-state index contributed by atoms with van der Waals surface area (Å²) in [7, 11) is 0. The van der Waals surface area contributed by atoms with E-state index in [1.54, 1.807) is 11.3 Å². The number of thiazole rings is 1. The second-order valence-corrected chi connectivity index (χ2v) is 7.45. The summed E-state index contributed by atoms with van der Waals surface area (Å²) in [6.45, 7) is 9.12. The first-order chi connectivity index (χ1) is 9.00. The highest BCUT2D eigenvalue weighted by Gasteiger charge is 2.25. The van der Waals surface area contributed by atoms with E-state index in [1.165, 1.54) is 30.1 Å². The number of nitrogens with zero attached hydrogens (tertiary/aromatic N) is 2. The maximum absolute atomic E-state index is 8.97. The summed E-state index contributed by atoms with van der Waals surface area (Å²) in [4.78, 5) is 7.33. The fraction of sp³-hybridized carbons (Fsp3) is 0.800. The van der Waals surface area contributed by atoms with Crippen LogP contribution in [0.5, 0.6) is 0 Å². The quantitative estimate of drug-likeness (QED) is 0.901. The Labute approximate surface area is 120 Å². The predicted molar refractivity (Wildman–Crippen MR) is 80.6 cm³/mol. The van der Waals surface area contributed by atoms with E-state index in [0.29, 0.717) is 12.6 Å². The molecule has 0 aliphatic carbocycles. The third-order valence-electron chi connectivity index (χ3n) is 3.85. The van der Waals surface area contributed by atoms with Gasteiger partial charge in [-0.15, -0.1) is 11.3 Å². The zero-order chi connectivity index (χ0) is 13.9. The van der Waals surface area contributed by atoms with Crippen LogP contribution in [-0.2, 0) is 12.0 Å². The maximum Gasteiger partial charge on any atom is 0.107 e. The van der Waals surface area contributed by atoms with Crippen molar-refractivity contribution in [1.82, 2.24) is 9.88 Å². The Morgan fingerprint density at radius 2 is 2.26 bits per heavy atom. The molecule has 0 amide bonds. The van der Waals surface area contributed by atoms with Gasteiger partial charge >= 0.3 is 0 Å². The second-order valence-electron chi connectivity index (χ2n) is 6.51. The van der Waals surface area contributed by atoms with E-state index in [4.69, 9.17) is 10.1 Å². The minimum Gasteiger partial charge on any atom is -0.396 e. The van der Waals surface area contributed by atoms with Crippen molar-refractivity contribution in [1.29, 1.82) is 0 Å². The number of aliphatic hydroxyl groups excluding tert-OH is 1. The van der Waals surface area contributed by atoms with Gasteiger partial charge in [0.15, 0.2) is 0 Å². The number of aromatic nitrogens is 1. The van der Waals surface area contributed by atoms with Crippen molar-refractivity contribution in [2.45, 2.75) is 64.5 Å². The topological polar surface area (TPSA) is 36.4 Å². The van der Waals surface area contributed by atoms with Gasteiger partial charge < -0.3 is 5.11 Å². The molecule has 1 aromatic rings. The molecule has 0 aromatic carbocycles. The highest BCUT2D eigenvalue weighted by Crippen LogP contribution is 2.27. The van der Waals surface area contributed by atoms with Crippen molar-refractivity contribution in [3.8, 4) is 0 Å². The molecule has 0 radical (unpaired) electrons. The summed E-state index contributed by atoms with van der Waals surface area (Å²) in [5.41, 5.74) is 1.36. The third kappa shape index (κ3) is 4.01. The van der Waals surface area contributed by atoms with E-state index >= 15 is 0 Å². The van der Waals surface area contributed by atoms with Crippen molar-refractivity contribution < 1.29 is 5.11 Å². The first-order valence-corrected chi connectivity index (χ1v) is 8.18. The Morgan fingerprint density at radius 3 is 2.89 bits per heavy atom. The zero-order valence-corrected chi connectivity index (χ0v) is 13.2. The van der Waals surface area contributed by atoms with Crippen molar-refractivity contribution in [3.63, 3.8) is 0 Å². The summed E-state index contributed by atoms with van der Waals surface area (Å²) in [6, 6.07) is 0.647. The first-order valence-electron chi connectivity index (χ1n) is 7.30. The Morgan fingerprint density at radius 1 is 1.47 bits per heavy atom. The highest BCUT2D eigenvalue weighted by molar-refractivity contribution is 7.09. The van der Waals surface area contributed by atoms with Gasteiger partial charge in [0.1, 0.15) is 5.01 Å². The molecule has 1 aromatic heterocycles. The van der Waals surface area contributed by atoms with Crippen LogP contribution in [0.1, 0.15) is 57.2 Å². The van der Waals surface area contributed by atoms with Gasteiger partial charge in [-0.3, -0.25) is 4.90 Å². The first kappa shape index (κ1) is 14.9. The molecule has 0 saturated carbocycles. The number of hydrogen-bond acceptors (Lipinski definition) is 4. The van der Waals surface area contributed by atoms with Gasteiger partial charge in [-0.2, -0.15) is 0 Å². The highest BCUT2D eigenvalue weighted by atomic mass is 32.1. The average Bonchev–Trinajstić information content (AvgIpc) is 2.95. The second kappa shape index (κ2) is 6.33. The SMILES string of the molecule is CC(C)(C)c1csc(CN2CCC[C@@H]2CCCO)n1. The van der Waals surface area contributed by atoms with Gasteiger partial charge in [0.2, 0.25) is 0 Å². The molecule has 2 rings (SSSR count). The van der Waals surface area contributed by atoms with Crippen LogP contribution in [0.25, 0.3) is 0 Å². The molecule has 0 unspecified atom stereocenters. The van der Waals surface area contributed by atoms with Gasteiger partial charge in [-0.25, -0.2) is 4.98 Å². The smallest absolute Gasteiger partial charge is 0.107 e. The maximum atomic E-state index is 8.97. The molecular formula is C15H26N2OS. The normalized spacial score (nSPS) is 21.2. The van der Waals surface area contributed by atoms with Crippen molar-refractivity contribution in [3.05, 3.63) is 16.1 Å². The summed E-state index contributed by atoms with van der Waals surface area (Å²) in [5, 5.41) is 12.4. The van der Waals surface area contributed by atoms with Crippen LogP contribution in [0.15, 0.2) is 5.38 Å². The Hall–Kier alpha value is -0.450. The van der Waals surface area contributed by atoms with Crippen LogP contribution in [0, 0.1) is 0 Å². The van der Waals surface area contributed by atoms with Gasteiger partial charge in [-0.1, -0.05) is 20.8 Å². The third-order valence-corrected chi connectivity index (χ3v) is 4.69. The van der Waals surface area contributed by atoms with Crippen molar-refractivity contribution in [2.75, 3.05) is 13.2 Å². The number of rotatable bonds is 5. The monoisotopic (exact) mass is 282 g/mol. The molecule has 2 heterocycles. The molecule has 0 bridgehead atoms. The minimum absolute atomic E-state index is 0.149. The fourth-order valence-electron chi connectivity index (χ4n) is 2.66. The van der Waals surface area contributed by atoms with E-state index < -0.39 is 0 Å². The van der Waals surface area contributed by atoms with Crippen LogP contribution >= 0.6 is 11.3 Å². The Balaban J connectivity index is 1.94. The largest absolute Gasteiger partial charge is 0.396 e. The molecule has 1 aliphatic rings. The van der Waals surface area contributed by atoms with Crippen molar-refractivity contribution in [2.24, 2.45) is 0 Å². The molecule has 1 atom stereocenters. The lowest BCUT2D eigenvalue weighted by molar-refractivity contribution is 0.210. The molecule has 1 aliphatic heterocycles. The van der Waals surface area contributed by atoms with Gasteiger partial charge in [0.25, 0.3) is 0 Å². The molecule has 1 fully saturated rings. The van der Waals surface area contributed by atoms with E-state index in [0.717, 1.165) is 19.4 Å². The Bertz CT molecular complexity index is 397. The average molecular weight is 282 g/mol. The standard InChI is InChI=1S/C15H26N2OS/c1-15(2,3)13-11-19-14(16-13)10-17-8-4-6-12(17)7-5-9-18/h11-12,18H,4-10H2,1-3H3/t12-/m1/s1. The molecule has 3 nitrogen and oxygen atoms in total. The van der Waals surface area contributed by atoms with E-state index in [1.807, 2.05) is 0 Å². The molecular weight excluding hydrogens is 256 g/mol. The van der Waals surface area contributed by atoms with Gasteiger partial charge in [0, 0.05) is 23.4 Å². The minimum atomic E-state index is 0.149. The zero-order valence-electron chi connectivity index (χ0n) is 12.4. The van der Waals surface area contributed by atoms with Crippen molar-refractivity contribution >= 4 is 11.3 Å². The van der Waals surface area contributed by atoms with E-state index in [-0.39, 0.29) is 5.41 Å². The summed E-state index contributed by atoms with van der Waals surface area (Å²) < 4.78 is 0. The van der Waals surface area contributed by atoms with E-state index in [9.17, 15) is 0 Å². The van der Waals surface area contributed by atoms with Crippen LogP contribution in [0.3, 0.4) is 0 Å². The Kier molecular flexibility index (Phi) is 4.98. The molecule has 4 heteroatoms. The molecule has 19 heavy (non-hydrogen) atoms. The number of hydrogen-bond donors (Lipinski definition) is 1. The molecule has 1 saturated heterocycles. The summed E-state index contributed by atoms with van der Waals surface area (Å²) in [6.07, 6.45) is 4.60. The predicted octanol–water partition coefficient (Wildman–Crippen LogP) is 3.18. The molecule has 1 N–H and O–H groups in total. The number of aliphatic hydroxyl groups is 1. The van der Waals surface area contributed by atoms with Gasteiger partial charge in [-0.05, 0) is 32.2 Å². The fourth-order valence-corrected chi connectivity index (χ4v) is 3.70. The lowest BCUT2D eigenvalue weighted by Gasteiger charge is -2.23. The van der Waals surface area contributed by atoms with Crippen LogP contribution in [-0.4, -0.2) is 34.2 Å². The number of likely N-dealkylation sites (tertiary alicyclic amines) is 1. The van der Waals surface area contributed by atoms with Crippen LogP contribution < -0.4 is 0 Å². The summed E-state index contributed by atoms with van der Waals surface area (Å²) >= 11 is 1.79. The van der Waals surface area contributed by atoms with Gasteiger partial charge in [0.05, 0.1) is 12.2 Å². The van der Waals surface area contributed by atoms with Crippen LogP contribution in [0.4, 0.5) is 0 Å².